The van der Waals surface area contributed by atoms with E-state index in [4.69, 9.17) is 0 Å². The van der Waals surface area contributed by atoms with Crippen molar-refractivity contribution >= 4 is 10.8 Å². The van der Waals surface area contributed by atoms with Crippen LogP contribution in [0.4, 0.5) is 0 Å². The van der Waals surface area contributed by atoms with Crippen LogP contribution in [0.25, 0.3) is 10.8 Å². The Hall–Kier alpha value is -1.37. The summed E-state index contributed by atoms with van der Waals surface area (Å²) >= 11 is 0. The fourth-order valence-corrected chi connectivity index (χ4v) is 1.60. The summed E-state index contributed by atoms with van der Waals surface area (Å²) in [5, 5.41) is 2.65. The summed E-state index contributed by atoms with van der Waals surface area (Å²) in [5.41, 5.74) is 1.33. The zero-order chi connectivity index (χ0) is 8.55. The summed E-state index contributed by atoms with van der Waals surface area (Å²) in [7, 11) is 2.06. The zero-order valence-electron chi connectivity index (χ0n) is 7.41. The van der Waals surface area contributed by atoms with Crippen molar-refractivity contribution in [1.29, 1.82) is 0 Å². The Balaban J connectivity index is 2.89. The fourth-order valence-electron chi connectivity index (χ4n) is 1.60. The summed E-state index contributed by atoms with van der Waals surface area (Å²) < 4.78 is 2.09. The number of nitrogens with zero attached hydrogens (tertiary/aromatic N) is 1. The van der Waals surface area contributed by atoms with Crippen LogP contribution in [0.1, 0.15) is 5.56 Å². The van der Waals surface area contributed by atoms with Gasteiger partial charge in [0, 0.05) is 10.9 Å². The lowest BCUT2D eigenvalue weighted by atomic mass is 10.1. The molecule has 0 N–H and O–H groups in total. The molecule has 0 atom stereocenters. The van der Waals surface area contributed by atoms with E-state index in [1.165, 1.54) is 16.3 Å². The van der Waals surface area contributed by atoms with Crippen molar-refractivity contribution in [1.82, 2.24) is 0 Å². The van der Waals surface area contributed by atoms with Crippen LogP contribution in [0.15, 0.2) is 36.7 Å². The Morgan fingerprint density at radius 2 is 1.83 bits per heavy atom. The number of hydrogen-bond donors (Lipinski definition) is 0. The molecule has 1 aromatic carbocycles. The van der Waals surface area contributed by atoms with E-state index in [0.717, 1.165) is 0 Å². The van der Waals surface area contributed by atoms with Crippen molar-refractivity contribution in [3.63, 3.8) is 0 Å². The van der Waals surface area contributed by atoms with Gasteiger partial charge in [0.2, 0.25) is 0 Å². The van der Waals surface area contributed by atoms with E-state index in [1.807, 2.05) is 0 Å². The second-order valence-electron chi connectivity index (χ2n) is 3.19. The third-order valence-corrected chi connectivity index (χ3v) is 2.13. The number of hydrogen-bond acceptors (Lipinski definition) is 0. The van der Waals surface area contributed by atoms with E-state index >= 15 is 0 Å². The van der Waals surface area contributed by atoms with Gasteiger partial charge in [-0.1, -0.05) is 18.2 Å². The van der Waals surface area contributed by atoms with E-state index < -0.39 is 0 Å². The molecule has 2 aromatic rings. The van der Waals surface area contributed by atoms with E-state index in [-0.39, 0.29) is 0 Å². The molecule has 1 aromatic heterocycles. The van der Waals surface area contributed by atoms with E-state index in [9.17, 15) is 0 Å². The first-order chi connectivity index (χ1) is 5.77. The van der Waals surface area contributed by atoms with Crippen LogP contribution in [0, 0.1) is 6.92 Å². The molecule has 0 aliphatic heterocycles. The average molecular weight is 158 g/mol. The Morgan fingerprint density at radius 3 is 2.67 bits per heavy atom. The molecule has 1 nitrogen and oxygen atoms in total. The lowest BCUT2D eigenvalue weighted by Crippen LogP contribution is -2.26. The quantitative estimate of drug-likeness (QED) is 0.516. The number of rotatable bonds is 0. The molecule has 60 valence electrons. The maximum Gasteiger partial charge on any atom is 0.176 e. The lowest BCUT2D eigenvalue weighted by Gasteiger charge is -1.98. The molecule has 0 bridgehead atoms. The number of fused-ring (bicyclic) bond motifs is 1. The maximum absolute atomic E-state index is 2.16. The van der Waals surface area contributed by atoms with E-state index in [0.29, 0.717) is 0 Å². The molecule has 1 heterocycles. The Kier molecular flexibility index (Phi) is 1.58. The van der Waals surface area contributed by atoms with Gasteiger partial charge in [0.15, 0.2) is 12.4 Å². The Labute approximate surface area is 72.3 Å². The summed E-state index contributed by atoms with van der Waals surface area (Å²) in [6, 6.07) is 8.45. The van der Waals surface area contributed by atoms with Crippen LogP contribution in [-0.2, 0) is 7.05 Å². The van der Waals surface area contributed by atoms with Gasteiger partial charge in [0.25, 0.3) is 0 Å². The minimum absolute atomic E-state index is 1.31. The topological polar surface area (TPSA) is 3.88 Å². The van der Waals surface area contributed by atoms with E-state index in [1.54, 1.807) is 0 Å². The maximum atomic E-state index is 2.16. The van der Waals surface area contributed by atoms with Crippen molar-refractivity contribution in [2.45, 2.75) is 6.92 Å². The molecule has 2 rings (SSSR count). The minimum Gasteiger partial charge on any atom is -0.207 e. The zero-order valence-corrected chi connectivity index (χ0v) is 7.41. The molecule has 0 aliphatic carbocycles. The van der Waals surface area contributed by atoms with Gasteiger partial charge in [0.1, 0.15) is 7.05 Å². The molecular weight excluding hydrogens is 146 g/mol. The Bertz CT molecular complexity index is 418. The van der Waals surface area contributed by atoms with Gasteiger partial charge in [-0.05, 0) is 18.4 Å². The van der Waals surface area contributed by atoms with Crippen molar-refractivity contribution in [3.8, 4) is 0 Å². The van der Waals surface area contributed by atoms with Crippen molar-refractivity contribution < 1.29 is 4.57 Å². The standard InChI is InChI=1S/C11H12N/c1-9-7-12(2)8-10-5-3-4-6-11(9)10/h3-8H,1-2H3/q+1. The van der Waals surface area contributed by atoms with Crippen molar-refractivity contribution in [3.05, 3.63) is 42.2 Å². The van der Waals surface area contributed by atoms with Gasteiger partial charge in [0.05, 0.1) is 0 Å². The number of aromatic nitrogens is 1. The lowest BCUT2D eigenvalue weighted by molar-refractivity contribution is -0.670. The van der Waals surface area contributed by atoms with Crippen LogP contribution in [0.5, 0.6) is 0 Å². The molecule has 0 spiro atoms. The highest BCUT2D eigenvalue weighted by Gasteiger charge is 2.01. The second-order valence-corrected chi connectivity index (χ2v) is 3.19. The predicted molar refractivity (Wildman–Crippen MR) is 49.9 cm³/mol. The highest BCUT2D eigenvalue weighted by molar-refractivity contribution is 5.83. The smallest absolute Gasteiger partial charge is 0.176 e. The van der Waals surface area contributed by atoms with Crippen molar-refractivity contribution in [2.24, 2.45) is 7.05 Å². The normalized spacial score (nSPS) is 10.5. The summed E-state index contributed by atoms with van der Waals surface area (Å²) in [5.74, 6) is 0. The first kappa shape index (κ1) is 7.29. The minimum atomic E-state index is 1.31. The number of benzene rings is 1. The van der Waals surface area contributed by atoms with Gasteiger partial charge in [-0.3, -0.25) is 0 Å². The number of pyridine rings is 1. The van der Waals surface area contributed by atoms with Crippen LogP contribution in [-0.4, -0.2) is 0 Å². The van der Waals surface area contributed by atoms with Gasteiger partial charge >= 0.3 is 0 Å². The molecule has 12 heavy (non-hydrogen) atoms. The third kappa shape index (κ3) is 1.07. The molecule has 0 saturated carbocycles. The summed E-state index contributed by atoms with van der Waals surface area (Å²) in [6.07, 6.45) is 4.28. The molecule has 0 fully saturated rings. The molecule has 0 unspecified atom stereocenters. The molecular formula is C11H12N+. The van der Waals surface area contributed by atoms with E-state index in [2.05, 4.69) is 55.2 Å². The summed E-state index contributed by atoms with van der Waals surface area (Å²) in [6.45, 7) is 2.14. The first-order valence-corrected chi connectivity index (χ1v) is 4.12. The largest absolute Gasteiger partial charge is 0.207 e. The predicted octanol–water partition coefficient (Wildman–Crippen LogP) is 1.97. The first-order valence-electron chi connectivity index (χ1n) is 4.12. The van der Waals surface area contributed by atoms with Gasteiger partial charge in [-0.15, -0.1) is 0 Å². The fraction of sp³-hybridized carbons (Fsp3) is 0.182. The molecule has 0 saturated heterocycles. The number of aryl methyl sites for hydroxylation is 2. The van der Waals surface area contributed by atoms with Crippen LogP contribution in [0.3, 0.4) is 0 Å². The van der Waals surface area contributed by atoms with Gasteiger partial charge < -0.3 is 0 Å². The molecule has 1 heteroatoms. The SMILES string of the molecule is Cc1c[n+](C)cc2ccccc12. The van der Waals surface area contributed by atoms with Gasteiger partial charge in [-0.25, -0.2) is 4.57 Å². The third-order valence-electron chi connectivity index (χ3n) is 2.13. The van der Waals surface area contributed by atoms with Crippen LogP contribution < -0.4 is 4.57 Å². The van der Waals surface area contributed by atoms with Gasteiger partial charge in [-0.2, -0.15) is 0 Å². The monoisotopic (exact) mass is 158 g/mol. The Morgan fingerprint density at radius 1 is 1.08 bits per heavy atom. The molecule has 0 amide bonds. The highest BCUT2D eigenvalue weighted by Crippen LogP contribution is 2.14. The van der Waals surface area contributed by atoms with Crippen LogP contribution in [0.2, 0.25) is 0 Å². The molecule has 0 aliphatic rings. The van der Waals surface area contributed by atoms with Crippen molar-refractivity contribution in [2.75, 3.05) is 0 Å². The second kappa shape index (κ2) is 2.59. The van der Waals surface area contributed by atoms with Crippen LogP contribution >= 0.6 is 0 Å². The highest BCUT2D eigenvalue weighted by atomic mass is 14.9. The summed E-state index contributed by atoms with van der Waals surface area (Å²) in [4.78, 5) is 0. The average Bonchev–Trinajstić information content (AvgIpc) is 2.04. The molecule has 0 radical (unpaired) electrons.